The molecule has 0 spiro atoms. The van der Waals surface area contributed by atoms with E-state index in [4.69, 9.17) is 4.74 Å². The van der Waals surface area contributed by atoms with Crippen LogP contribution in [0.4, 0.5) is 20.2 Å². The van der Waals surface area contributed by atoms with Gasteiger partial charge < -0.3 is 9.47 Å². The Morgan fingerprint density at radius 2 is 1.11 bits per heavy atom. The third kappa shape index (κ3) is 8.02. The van der Waals surface area contributed by atoms with Crippen LogP contribution in [-0.4, -0.2) is 50.0 Å². The van der Waals surface area contributed by atoms with Crippen LogP contribution in [0.3, 0.4) is 0 Å². The number of anilines is 2. The van der Waals surface area contributed by atoms with E-state index in [2.05, 4.69) is 9.46 Å². The maximum atomic E-state index is 13.0. The van der Waals surface area contributed by atoms with Crippen LogP contribution >= 0.6 is 0 Å². The maximum Gasteiger partial charge on any atom is 0.340 e. The Labute approximate surface area is 260 Å². The summed E-state index contributed by atoms with van der Waals surface area (Å²) in [7, 11) is -4.10. The van der Waals surface area contributed by atoms with Gasteiger partial charge in [-0.1, -0.05) is 24.3 Å². The second-order valence-electron chi connectivity index (χ2n) is 9.44. The van der Waals surface area contributed by atoms with E-state index >= 15 is 0 Å². The quantitative estimate of drug-likeness (QED) is 0.246. The number of aryl methyl sites for hydroxylation is 2. The maximum absolute atomic E-state index is 13.0. The first kappa shape index (κ1) is 34.7. The molecule has 0 aliphatic carbocycles. The molecule has 0 saturated carbocycles. The largest absolute Gasteiger partial charge is 0.465 e. The minimum atomic E-state index is -3.94. The first-order chi connectivity index (χ1) is 21.1. The Balaban J connectivity index is 0.000000246. The summed E-state index contributed by atoms with van der Waals surface area (Å²) in [6, 6.07) is 18.5. The van der Waals surface area contributed by atoms with Crippen molar-refractivity contribution in [2.24, 2.45) is 0 Å². The predicted octanol–water partition coefficient (Wildman–Crippen LogP) is 5.47. The van der Waals surface area contributed by atoms with E-state index in [9.17, 15) is 35.2 Å². The number of ether oxygens (including phenoxy) is 2. The standard InChI is InChI=1S/C16H16FNO4S.C15H14FNO4S/c1-11-5-4-6-14(16(19)22-3)15(11)18(2)23(20,21)13-9-7-12(17)8-10-13;1-10-4-3-5-13(15(18)21-2)14(10)17-22(19,20)12-8-6-11(16)7-9-12/h4-10H,1-3H3;3-9,17H,1-2H3. The van der Waals surface area contributed by atoms with Crippen LogP contribution in [0.25, 0.3) is 0 Å². The number of esters is 2. The van der Waals surface area contributed by atoms with Crippen LogP contribution in [0.5, 0.6) is 0 Å². The molecule has 0 aliphatic heterocycles. The fourth-order valence-corrected chi connectivity index (χ4v) is 6.56. The average molecular weight is 661 g/mol. The molecule has 0 aromatic heterocycles. The molecule has 0 radical (unpaired) electrons. The third-order valence-electron chi connectivity index (χ3n) is 6.47. The van der Waals surface area contributed by atoms with Crippen molar-refractivity contribution in [1.29, 1.82) is 0 Å². The lowest BCUT2D eigenvalue weighted by molar-refractivity contribution is 0.0592. The fraction of sp³-hybridized carbons (Fsp3) is 0.161. The molecule has 4 rings (SSSR count). The monoisotopic (exact) mass is 660 g/mol. The molecule has 45 heavy (non-hydrogen) atoms. The Morgan fingerprint density at radius 3 is 1.62 bits per heavy atom. The molecule has 4 aromatic carbocycles. The van der Waals surface area contributed by atoms with E-state index < -0.39 is 43.6 Å². The van der Waals surface area contributed by atoms with Gasteiger partial charge in [-0.3, -0.25) is 9.03 Å². The number of para-hydroxylation sites is 2. The van der Waals surface area contributed by atoms with E-state index in [1.807, 2.05) is 0 Å². The first-order valence-corrected chi connectivity index (χ1v) is 15.9. The number of rotatable bonds is 8. The molecule has 0 amide bonds. The second-order valence-corrected chi connectivity index (χ2v) is 13.1. The van der Waals surface area contributed by atoms with Gasteiger partial charge in [-0.2, -0.15) is 0 Å². The number of nitrogens with zero attached hydrogens (tertiary/aromatic N) is 1. The number of carbonyl (C=O) groups is 2. The average Bonchev–Trinajstić information content (AvgIpc) is 3.01. The van der Waals surface area contributed by atoms with Gasteiger partial charge >= 0.3 is 11.9 Å². The van der Waals surface area contributed by atoms with Crippen molar-refractivity contribution in [3.63, 3.8) is 0 Å². The summed E-state index contributed by atoms with van der Waals surface area (Å²) < 4.78 is 88.7. The van der Waals surface area contributed by atoms with Crippen molar-refractivity contribution in [3.05, 3.63) is 119 Å². The zero-order valence-corrected chi connectivity index (χ0v) is 26.5. The fourth-order valence-electron chi connectivity index (χ4n) is 4.13. The van der Waals surface area contributed by atoms with Crippen molar-refractivity contribution in [1.82, 2.24) is 0 Å². The van der Waals surface area contributed by atoms with Gasteiger partial charge in [0.15, 0.2) is 0 Å². The predicted molar refractivity (Wildman–Crippen MR) is 164 cm³/mol. The number of hydrogen-bond acceptors (Lipinski definition) is 8. The van der Waals surface area contributed by atoms with E-state index in [-0.39, 0.29) is 32.3 Å². The zero-order valence-electron chi connectivity index (χ0n) is 24.9. The number of benzene rings is 4. The molecule has 0 saturated heterocycles. The summed E-state index contributed by atoms with van der Waals surface area (Å²) in [4.78, 5) is 23.5. The van der Waals surface area contributed by atoms with Gasteiger partial charge in [0.2, 0.25) is 0 Å². The lowest BCUT2D eigenvalue weighted by Gasteiger charge is -2.23. The SMILES string of the molecule is COC(=O)c1cccc(C)c1N(C)S(=O)(=O)c1ccc(F)cc1.COC(=O)c1cccc(C)c1NS(=O)(=O)c1ccc(F)cc1. The van der Waals surface area contributed by atoms with E-state index in [1.54, 1.807) is 38.1 Å². The van der Waals surface area contributed by atoms with Gasteiger partial charge in [0.05, 0.1) is 46.5 Å². The summed E-state index contributed by atoms with van der Waals surface area (Å²) in [6.07, 6.45) is 0. The molecule has 0 fully saturated rings. The minimum absolute atomic E-state index is 0.0690. The molecule has 0 aliphatic rings. The number of halogens is 2. The normalized spacial score (nSPS) is 11.1. The molecule has 1 N–H and O–H groups in total. The molecular formula is C31H30F2N2O8S2. The Bertz CT molecular complexity index is 1910. The van der Waals surface area contributed by atoms with Crippen LogP contribution in [0.2, 0.25) is 0 Å². The summed E-state index contributed by atoms with van der Waals surface area (Å²) in [5.74, 6) is -2.35. The lowest BCUT2D eigenvalue weighted by atomic mass is 10.1. The third-order valence-corrected chi connectivity index (χ3v) is 9.61. The van der Waals surface area contributed by atoms with Crippen LogP contribution in [0.15, 0.2) is 94.7 Å². The molecule has 0 atom stereocenters. The number of nitrogens with one attached hydrogen (secondary N) is 1. The molecule has 0 bridgehead atoms. The van der Waals surface area contributed by atoms with Crippen molar-refractivity contribution in [2.45, 2.75) is 23.6 Å². The van der Waals surface area contributed by atoms with Gasteiger partial charge in [-0.25, -0.2) is 35.2 Å². The van der Waals surface area contributed by atoms with E-state index in [0.29, 0.717) is 11.1 Å². The zero-order chi connectivity index (χ0) is 33.5. The highest BCUT2D eigenvalue weighted by atomic mass is 32.2. The van der Waals surface area contributed by atoms with E-state index in [1.165, 1.54) is 45.5 Å². The molecular weight excluding hydrogens is 630 g/mol. The summed E-state index contributed by atoms with van der Waals surface area (Å²) >= 11 is 0. The molecule has 238 valence electrons. The smallest absolute Gasteiger partial charge is 0.340 e. The summed E-state index contributed by atoms with van der Waals surface area (Å²) in [5.41, 5.74) is 1.77. The van der Waals surface area contributed by atoms with E-state index in [0.717, 1.165) is 40.7 Å². The Kier molecular flexibility index (Phi) is 11.0. The highest BCUT2D eigenvalue weighted by molar-refractivity contribution is 7.93. The molecule has 14 heteroatoms. The molecule has 4 aromatic rings. The highest BCUT2D eigenvalue weighted by Gasteiger charge is 2.27. The second kappa shape index (κ2) is 14.3. The van der Waals surface area contributed by atoms with Crippen molar-refractivity contribution >= 4 is 43.4 Å². The summed E-state index contributed by atoms with van der Waals surface area (Å²) in [5, 5.41) is 0. The van der Waals surface area contributed by atoms with Crippen LogP contribution in [-0.2, 0) is 29.5 Å². The number of methoxy groups -OCH3 is 2. The van der Waals surface area contributed by atoms with Gasteiger partial charge in [0.25, 0.3) is 20.0 Å². The highest BCUT2D eigenvalue weighted by Crippen LogP contribution is 2.30. The Morgan fingerprint density at radius 1 is 0.667 bits per heavy atom. The van der Waals surface area contributed by atoms with Crippen molar-refractivity contribution in [3.8, 4) is 0 Å². The number of sulfonamides is 2. The van der Waals surface area contributed by atoms with Crippen LogP contribution < -0.4 is 9.03 Å². The van der Waals surface area contributed by atoms with Crippen LogP contribution in [0.1, 0.15) is 31.8 Å². The first-order valence-electron chi connectivity index (χ1n) is 13.0. The number of hydrogen-bond donors (Lipinski definition) is 1. The van der Waals surface area contributed by atoms with Gasteiger partial charge in [-0.15, -0.1) is 0 Å². The molecule has 0 unspecified atom stereocenters. The summed E-state index contributed by atoms with van der Waals surface area (Å²) in [6.45, 7) is 3.35. The molecule has 0 heterocycles. The Hall–Kier alpha value is -4.82. The lowest BCUT2D eigenvalue weighted by Crippen LogP contribution is -2.29. The number of carbonyl (C=O) groups excluding carboxylic acids is 2. The van der Waals surface area contributed by atoms with Gasteiger partial charge in [-0.05, 0) is 85.6 Å². The van der Waals surface area contributed by atoms with Crippen LogP contribution in [0, 0.1) is 25.5 Å². The van der Waals surface area contributed by atoms with Crippen molar-refractivity contribution < 1.29 is 44.7 Å². The topological polar surface area (TPSA) is 136 Å². The molecule has 10 nitrogen and oxygen atoms in total. The van der Waals surface area contributed by atoms with Gasteiger partial charge in [0.1, 0.15) is 11.6 Å². The minimum Gasteiger partial charge on any atom is -0.465 e. The van der Waals surface area contributed by atoms with Crippen molar-refractivity contribution in [2.75, 3.05) is 30.3 Å². The van der Waals surface area contributed by atoms with Gasteiger partial charge in [0, 0.05) is 7.05 Å².